The zero-order valence-electron chi connectivity index (χ0n) is 18.6. The first-order valence-corrected chi connectivity index (χ1v) is 12.1. The first-order chi connectivity index (χ1) is 14.2. The van der Waals surface area contributed by atoms with Crippen molar-refractivity contribution >= 4 is 0 Å². The number of allylic oxidation sites excluding steroid dienone is 2. The van der Waals surface area contributed by atoms with Crippen molar-refractivity contribution in [3.63, 3.8) is 0 Å². The fourth-order valence-corrected chi connectivity index (χ4v) is 3.79. The molecule has 0 saturated carbocycles. The molecule has 0 aliphatic carbocycles. The molecule has 4 atom stereocenters. The molecule has 29 heavy (non-hydrogen) atoms. The Morgan fingerprint density at radius 3 is 1.97 bits per heavy atom. The maximum Gasteiger partial charge on any atom is 0.114 e. The SMILES string of the molecule is CCCCCCCCCCCC/C=C/CCCCO[C@@H]1[C@@H](O)[C@H](CO)OC[C@H]1O. The Hall–Kier alpha value is -0.460. The molecular weight excluding hydrogens is 368 g/mol. The molecule has 3 N–H and O–H groups in total. The lowest BCUT2D eigenvalue weighted by Crippen LogP contribution is -2.55. The average molecular weight is 415 g/mol. The molecular formula is C24H46O5. The molecule has 0 spiro atoms. The number of aliphatic hydroxyl groups excluding tert-OH is 3. The first kappa shape index (κ1) is 26.6. The zero-order valence-corrected chi connectivity index (χ0v) is 18.6. The molecule has 1 rings (SSSR count). The van der Waals surface area contributed by atoms with E-state index in [0.29, 0.717) is 6.61 Å². The van der Waals surface area contributed by atoms with Crippen LogP contribution in [0.5, 0.6) is 0 Å². The van der Waals surface area contributed by atoms with Gasteiger partial charge in [-0.1, -0.05) is 76.9 Å². The predicted molar refractivity (Wildman–Crippen MR) is 118 cm³/mol. The summed E-state index contributed by atoms with van der Waals surface area (Å²) in [5.41, 5.74) is 0. The van der Waals surface area contributed by atoms with Crippen LogP contribution in [0, 0.1) is 0 Å². The molecule has 5 heteroatoms. The highest BCUT2D eigenvalue weighted by Crippen LogP contribution is 2.19. The maximum atomic E-state index is 10.1. The number of aliphatic hydroxyl groups is 3. The molecule has 1 aliphatic heterocycles. The summed E-state index contributed by atoms with van der Waals surface area (Å²) < 4.78 is 10.8. The van der Waals surface area contributed by atoms with Crippen molar-refractivity contribution in [1.29, 1.82) is 0 Å². The highest BCUT2D eigenvalue weighted by atomic mass is 16.6. The molecule has 0 amide bonds. The van der Waals surface area contributed by atoms with Crippen molar-refractivity contribution in [2.75, 3.05) is 19.8 Å². The predicted octanol–water partition coefficient (Wildman–Crippen LogP) is 4.52. The van der Waals surface area contributed by atoms with E-state index < -0.39 is 24.4 Å². The summed E-state index contributed by atoms with van der Waals surface area (Å²) in [6.07, 6.45) is 19.3. The van der Waals surface area contributed by atoms with E-state index >= 15 is 0 Å². The van der Waals surface area contributed by atoms with Gasteiger partial charge in [0.25, 0.3) is 0 Å². The summed E-state index contributed by atoms with van der Waals surface area (Å²) >= 11 is 0. The van der Waals surface area contributed by atoms with Gasteiger partial charge in [-0.15, -0.1) is 0 Å². The van der Waals surface area contributed by atoms with E-state index in [1.54, 1.807) is 0 Å². The molecule has 0 aromatic rings. The van der Waals surface area contributed by atoms with E-state index in [1.807, 2.05) is 0 Å². The van der Waals surface area contributed by atoms with E-state index in [0.717, 1.165) is 19.3 Å². The number of hydrogen-bond acceptors (Lipinski definition) is 5. The van der Waals surface area contributed by atoms with Crippen LogP contribution in [-0.4, -0.2) is 59.6 Å². The monoisotopic (exact) mass is 414 g/mol. The quantitative estimate of drug-likeness (QED) is 0.227. The van der Waals surface area contributed by atoms with Gasteiger partial charge in [0, 0.05) is 6.61 Å². The minimum absolute atomic E-state index is 0.0919. The topological polar surface area (TPSA) is 79.2 Å². The third-order valence-corrected chi connectivity index (χ3v) is 5.72. The van der Waals surface area contributed by atoms with Crippen LogP contribution < -0.4 is 0 Å². The Morgan fingerprint density at radius 2 is 1.38 bits per heavy atom. The zero-order chi connectivity index (χ0) is 21.2. The third-order valence-electron chi connectivity index (χ3n) is 5.72. The Balaban J connectivity index is 1.88. The van der Waals surface area contributed by atoms with Crippen molar-refractivity contribution in [2.45, 2.75) is 121 Å². The van der Waals surface area contributed by atoms with Gasteiger partial charge in [-0.25, -0.2) is 0 Å². The molecule has 0 unspecified atom stereocenters. The molecule has 0 aromatic heterocycles. The smallest absolute Gasteiger partial charge is 0.114 e. The van der Waals surface area contributed by atoms with Crippen LogP contribution in [0.4, 0.5) is 0 Å². The van der Waals surface area contributed by atoms with Gasteiger partial charge in [-0.05, 0) is 32.1 Å². The normalized spacial score (nSPS) is 25.1. The molecule has 1 heterocycles. The number of ether oxygens (including phenoxy) is 2. The Morgan fingerprint density at radius 1 is 0.828 bits per heavy atom. The average Bonchev–Trinajstić information content (AvgIpc) is 2.72. The van der Waals surface area contributed by atoms with Gasteiger partial charge in [-0.3, -0.25) is 0 Å². The van der Waals surface area contributed by atoms with Gasteiger partial charge in [0.15, 0.2) is 0 Å². The van der Waals surface area contributed by atoms with Gasteiger partial charge in [-0.2, -0.15) is 0 Å². The largest absolute Gasteiger partial charge is 0.394 e. The van der Waals surface area contributed by atoms with Gasteiger partial charge >= 0.3 is 0 Å². The lowest BCUT2D eigenvalue weighted by atomic mass is 10.0. The molecule has 0 bridgehead atoms. The van der Waals surface area contributed by atoms with Gasteiger partial charge < -0.3 is 24.8 Å². The Bertz CT molecular complexity index is 387. The van der Waals surface area contributed by atoms with E-state index in [4.69, 9.17) is 14.6 Å². The summed E-state index contributed by atoms with van der Waals surface area (Å²) in [4.78, 5) is 0. The standard InChI is InChI=1S/C24H46O5/c1-2-3-4-5-6-7-8-9-10-11-12-13-14-15-16-17-18-28-24-21(26)20-29-22(19-25)23(24)27/h13-14,21-27H,2-12,15-20H2,1H3/b14-13+/t21-,22+,23+,24+/m1/s1. The Kier molecular flexibility index (Phi) is 16.8. The van der Waals surface area contributed by atoms with E-state index in [9.17, 15) is 10.2 Å². The second kappa shape index (κ2) is 18.3. The third kappa shape index (κ3) is 12.7. The second-order valence-corrected chi connectivity index (χ2v) is 8.39. The van der Waals surface area contributed by atoms with Crippen molar-refractivity contribution in [2.24, 2.45) is 0 Å². The molecule has 172 valence electrons. The molecule has 1 fully saturated rings. The number of rotatable bonds is 18. The fourth-order valence-electron chi connectivity index (χ4n) is 3.79. The fraction of sp³-hybridized carbons (Fsp3) is 0.917. The summed E-state index contributed by atoms with van der Waals surface area (Å²) in [5.74, 6) is 0. The van der Waals surface area contributed by atoms with E-state index in [-0.39, 0.29) is 13.2 Å². The minimum Gasteiger partial charge on any atom is -0.394 e. The lowest BCUT2D eigenvalue weighted by Gasteiger charge is -2.37. The highest BCUT2D eigenvalue weighted by Gasteiger charge is 2.38. The molecule has 1 aliphatic rings. The maximum absolute atomic E-state index is 10.1. The molecule has 0 radical (unpaired) electrons. The van der Waals surface area contributed by atoms with E-state index in [1.165, 1.54) is 70.6 Å². The summed E-state index contributed by atoms with van der Waals surface area (Å²) in [7, 11) is 0. The van der Waals surface area contributed by atoms with Crippen LogP contribution in [0.2, 0.25) is 0 Å². The van der Waals surface area contributed by atoms with Crippen molar-refractivity contribution in [3.05, 3.63) is 12.2 Å². The van der Waals surface area contributed by atoms with Crippen LogP contribution >= 0.6 is 0 Å². The van der Waals surface area contributed by atoms with Gasteiger partial charge in [0.1, 0.15) is 24.4 Å². The summed E-state index contributed by atoms with van der Waals surface area (Å²) in [5, 5.41) is 29.1. The van der Waals surface area contributed by atoms with Crippen molar-refractivity contribution in [3.8, 4) is 0 Å². The summed E-state index contributed by atoms with van der Waals surface area (Å²) in [6, 6.07) is 0. The minimum atomic E-state index is -0.982. The second-order valence-electron chi connectivity index (χ2n) is 8.39. The highest BCUT2D eigenvalue weighted by molar-refractivity contribution is 4.87. The van der Waals surface area contributed by atoms with Crippen molar-refractivity contribution < 1.29 is 24.8 Å². The van der Waals surface area contributed by atoms with Crippen molar-refractivity contribution in [1.82, 2.24) is 0 Å². The van der Waals surface area contributed by atoms with Crippen LogP contribution in [0.1, 0.15) is 96.8 Å². The Labute approximate surface area is 178 Å². The van der Waals surface area contributed by atoms with Crippen LogP contribution in [0.3, 0.4) is 0 Å². The molecule has 1 saturated heterocycles. The number of unbranched alkanes of at least 4 members (excludes halogenated alkanes) is 12. The van der Waals surface area contributed by atoms with Crippen LogP contribution in [0.15, 0.2) is 12.2 Å². The number of hydrogen-bond donors (Lipinski definition) is 3. The van der Waals surface area contributed by atoms with Gasteiger partial charge in [0.2, 0.25) is 0 Å². The summed E-state index contributed by atoms with van der Waals surface area (Å²) in [6.45, 7) is 2.60. The molecule has 5 nitrogen and oxygen atoms in total. The first-order valence-electron chi connectivity index (χ1n) is 12.1. The van der Waals surface area contributed by atoms with Crippen LogP contribution in [-0.2, 0) is 9.47 Å². The van der Waals surface area contributed by atoms with E-state index in [2.05, 4.69) is 19.1 Å². The van der Waals surface area contributed by atoms with Crippen LogP contribution in [0.25, 0.3) is 0 Å². The van der Waals surface area contributed by atoms with Gasteiger partial charge in [0.05, 0.1) is 13.2 Å². The lowest BCUT2D eigenvalue weighted by molar-refractivity contribution is -0.210. The molecule has 0 aromatic carbocycles.